The van der Waals surface area contributed by atoms with Crippen LogP contribution in [0.15, 0.2) is 59.0 Å². The molecule has 2 heterocycles. The molecule has 1 aliphatic heterocycles. The van der Waals surface area contributed by atoms with Crippen molar-refractivity contribution in [1.29, 1.82) is 0 Å². The van der Waals surface area contributed by atoms with Crippen LogP contribution in [0.25, 0.3) is 0 Å². The number of carbonyl (C=O) groups is 2. The minimum atomic E-state index is -0.454. The van der Waals surface area contributed by atoms with Gasteiger partial charge in [-0.3, -0.25) is 9.59 Å². The second-order valence-corrected chi connectivity index (χ2v) is 8.16. The fourth-order valence-corrected chi connectivity index (χ4v) is 3.95. The zero-order valence-corrected chi connectivity index (χ0v) is 17.9. The number of aryl methyl sites for hydroxylation is 1. The molecule has 1 saturated heterocycles. The van der Waals surface area contributed by atoms with Crippen molar-refractivity contribution < 1.29 is 18.7 Å². The summed E-state index contributed by atoms with van der Waals surface area (Å²) in [7, 11) is 0. The molecule has 3 aromatic rings. The lowest BCUT2D eigenvalue weighted by Crippen LogP contribution is -2.30. The number of carbonyl (C=O) groups excluding carboxylic acids is 2. The number of ether oxygens (including phenoxy) is 1. The van der Waals surface area contributed by atoms with Crippen LogP contribution in [0.4, 0.5) is 10.5 Å². The Labute approximate surface area is 184 Å². The summed E-state index contributed by atoms with van der Waals surface area (Å²) in [6.45, 7) is 2.91. The summed E-state index contributed by atoms with van der Waals surface area (Å²) in [4.78, 5) is 27.5. The number of aromatic nitrogens is 1. The van der Waals surface area contributed by atoms with Gasteiger partial charge in [0.1, 0.15) is 17.6 Å². The Kier molecular flexibility index (Phi) is 6.57. The number of nitrogens with zero attached hydrogens (tertiary/aromatic N) is 1. The predicted octanol–water partition coefficient (Wildman–Crippen LogP) is 4.11. The van der Waals surface area contributed by atoms with Crippen LogP contribution in [0.1, 0.15) is 22.9 Å². The number of rotatable bonds is 9. The fourth-order valence-electron chi connectivity index (χ4n) is 3.28. The van der Waals surface area contributed by atoms with E-state index in [0.717, 1.165) is 40.2 Å². The zero-order valence-electron chi connectivity index (χ0n) is 17.1. The van der Waals surface area contributed by atoms with Crippen molar-refractivity contribution in [3.05, 3.63) is 77.5 Å². The summed E-state index contributed by atoms with van der Waals surface area (Å²) in [5.74, 6) is 2.18. The molecule has 31 heavy (non-hydrogen) atoms. The summed E-state index contributed by atoms with van der Waals surface area (Å²) in [5.41, 5.74) is 2.87. The van der Waals surface area contributed by atoms with E-state index in [1.807, 2.05) is 61.5 Å². The van der Waals surface area contributed by atoms with Gasteiger partial charge in [-0.1, -0.05) is 30.3 Å². The molecule has 0 aliphatic carbocycles. The van der Waals surface area contributed by atoms with Crippen LogP contribution in [0.3, 0.4) is 0 Å². The Morgan fingerprint density at radius 2 is 1.90 bits per heavy atom. The topological polar surface area (TPSA) is 93.5 Å². The van der Waals surface area contributed by atoms with E-state index in [1.165, 1.54) is 0 Å². The van der Waals surface area contributed by atoms with Crippen molar-refractivity contribution in [3.63, 3.8) is 0 Å². The van der Waals surface area contributed by atoms with Gasteiger partial charge in [-0.25, -0.2) is 4.98 Å². The molecule has 7 nitrogen and oxygen atoms in total. The molecule has 2 N–H and O–H groups in total. The molecule has 0 spiro atoms. The van der Waals surface area contributed by atoms with Gasteiger partial charge < -0.3 is 19.8 Å². The molecule has 160 valence electrons. The molecule has 1 amide bonds. The molecule has 0 bridgehead atoms. The number of amides is 1. The van der Waals surface area contributed by atoms with Gasteiger partial charge in [0.05, 0.1) is 18.8 Å². The van der Waals surface area contributed by atoms with E-state index in [2.05, 4.69) is 15.6 Å². The molecule has 1 aliphatic rings. The van der Waals surface area contributed by atoms with Gasteiger partial charge in [-0.05, 0) is 36.8 Å². The lowest BCUT2D eigenvalue weighted by atomic mass is 10.1. The van der Waals surface area contributed by atoms with Gasteiger partial charge in [0.2, 0.25) is 11.0 Å². The number of para-hydroxylation sites is 1. The standard InChI is InChI=1S/C23H23N3O4S/c1-15-19(25-21(30-15)14-24-17-5-3-2-4-6-17)11-12-29-18-9-7-16(8-10-18)13-20-22(27)31-23(28)26-20/h2-10,20,24H,11-14H2,1H3,(H,26,28). The van der Waals surface area contributed by atoms with E-state index in [0.29, 0.717) is 31.9 Å². The average molecular weight is 438 g/mol. The van der Waals surface area contributed by atoms with Gasteiger partial charge in [0.15, 0.2) is 0 Å². The van der Waals surface area contributed by atoms with Crippen LogP contribution < -0.4 is 15.4 Å². The first-order valence-corrected chi connectivity index (χ1v) is 10.9. The van der Waals surface area contributed by atoms with E-state index in [1.54, 1.807) is 0 Å². The highest BCUT2D eigenvalue weighted by molar-refractivity contribution is 8.26. The maximum atomic E-state index is 11.7. The molecule has 0 saturated carbocycles. The largest absolute Gasteiger partial charge is 0.493 e. The Morgan fingerprint density at radius 1 is 1.13 bits per heavy atom. The van der Waals surface area contributed by atoms with Crippen LogP contribution in [-0.2, 0) is 24.2 Å². The number of anilines is 1. The lowest BCUT2D eigenvalue weighted by molar-refractivity contribution is -0.112. The van der Waals surface area contributed by atoms with Gasteiger partial charge in [-0.15, -0.1) is 0 Å². The van der Waals surface area contributed by atoms with Crippen molar-refractivity contribution in [2.45, 2.75) is 32.4 Å². The number of thioether (sulfide) groups is 1. The minimum absolute atomic E-state index is 0.133. The third-order valence-electron chi connectivity index (χ3n) is 4.90. The first-order chi connectivity index (χ1) is 15.1. The summed E-state index contributed by atoms with van der Waals surface area (Å²) in [6.07, 6.45) is 1.12. The third-order valence-corrected chi connectivity index (χ3v) is 5.68. The maximum Gasteiger partial charge on any atom is 0.287 e. The zero-order chi connectivity index (χ0) is 21.6. The second kappa shape index (κ2) is 9.70. The van der Waals surface area contributed by atoms with Crippen molar-refractivity contribution in [2.24, 2.45) is 0 Å². The number of nitrogens with one attached hydrogen (secondary N) is 2. The molecule has 1 aromatic heterocycles. The molecule has 0 radical (unpaired) electrons. The lowest BCUT2D eigenvalue weighted by Gasteiger charge is -2.09. The highest BCUT2D eigenvalue weighted by atomic mass is 32.2. The van der Waals surface area contributed by atoms with Gasteiger partial charge >= 0.3 is 0 Å². The Morgan fingerprint density at radius 3 is 2.61 bits per heavy atom. The Balaban J connectivity index is 1.24. The molecule has 4 rings (SSSR count). The van der Waals surface area contributed by atoms with E-state index >= 15 is 0 Å². The fraction of sp³-hybridized carbons (Fsp3) is 0.261. The highest BCUT2D eigenvalue weighted by Crippen LogP contribution is 2.21. The van der Waals surface area contributed by atoms with Crippen LogP contribution in [-0.4, -0.2) is 28.0 Å². The molecule has 2 aromatic carbocycles. The minimum Gasteiger partial charge on any atom is -0.493 e. The van der Waals surface area contributed by atoms with Crippen LogP contribution in [0, 0.1) is 6.92 Å². The van der Waals surface area contributed by atoms with Crippen LogP contribution >= 0.6 is 11.8 Å². The molecule has 1 fully saturated rings. The summed E-state index contributed by atoms with van der Waals surface area (Å²) in [5, 5.41) is 5.54. The van der Waals surface area contributed by atoms with E-state index in [4.69, 9.17) is 9.15 Å². The predicted molar refractivity (Wildman–Crippen MR) is 119 cm³/mol. The Hall–Kier alpha value is -3.26. The van der Waals surface area contributed by atoms with E-state index in [9.17, 15) is 9.59 Å². The first kappa shape index (κ1) is 21.0. The summed E-state index contributed by atoms with van der Waals surface area (Å²) >= 11 is 0.733. The molecular formula is C23H23N3O4S. The first-order valence-electron chi connectivity index (χ1n) is 10.0. The number of hydrogen-bond acceptors (Lipinski definition) is 7. The number of hydrogen-bond donors (Lipinski definition) is 2. The average Bonchev–Trinajstić information content (AvgIpc) is 3.29. The maximum absolute atomic E-state index is 11.7. The monoisotopic (exact) mass is 437 g/mol. The highest BCUT2D eigenvalue weighted by Gasteiger charge is 2.31. The van der Waals surface area contributed by atoms with Crippen molar-refractivity contribution in [3.8, 4) is 5.75 Å². The summed E-state index contributed by atoms with van der Waals surface area (Å²) in [6, 6.07) is 17.0. The van der Waals surface area contributed by atoms with Gasteiger partial charge in [-0.2, -0.15) is 0 Å². The second-order valence-electron chi connectivity index (χ2n) is 7.18. The number of benzene rings is 2. The molecule has 1 atom stereocenters. The third kappa shape index (κ3) is 5.67. The van der Waals surface area contributed by atoms with Crippen LogP contribution in [0.5, 0.6) is 5.75 Å². The van der Waals surface area contributed by atoms with Crippen molar-refractivity contribution >= 4 is 27.8 Å². The quantitative estimate of drug-likeness (QED) is 0.520. The molecule has 8 heteroatoms. The SMILES string of the molecule is Cc1oc(CNc2ccccc2)nc1CCOc1ccc(CC2NC(=O)SC2=O)cc1. The smallest absolute Gasteiger partial charge is 0.287 e. The van der Waals surface area contributed by atoms with E-state index in [-0.39, 0.29) is 10.4 Å². The van der Waals surface area contributed by atoms with Crippen molar-refractivity contribution in [2.75, 3.05) is 11.9 Å². The van der Waals surface area contributed by atoms with Crippen molar-refractivity contribution in [1.82, 2.24) is 10.3 Å². The number of oxazole rings is 1. The molecule has 1 unspecified atom stereocenters. The summed E-state index contributed by atoms with van der Waals surface area (Å²) < 4.78 is 11.6. The van der Waals surface area contributed by atoms with Gasteiger partial charge in [0, 0.05) is 30.3 Å². The Bertz CT molecular complexity index is 1050. The molecular weight excluding hydrogens is 414 g/mol. The van der Waals surface area contributed by atoms with Gasteiger partial charge in [0.25, 0.3) is 5.24 Å². The van der Waals surface area contributed by atoms with Crippen LogP contribution in [0.2, 0.25) is 0 Å². The van der Waals surface area contributed by atoms with E-state index < -0.39 is 6.04 Å². The normalized spacial score (nSPS) is 15.7.